The van der Waals surface area contributed by atoms with Gasteiger partial charge in [-0.2, -0.15) is 0 Å². The van der Waals surface area contributed by atoms with Crippen LogP contribution in [0.15, 0.2) is 264 Å². The van der Waals surface area contributed by atoms with E-state index in [1.54, 1.807) is 80.7 Å². The maximum Gasteiger partial charge on any atom is 0.193 e. The number of aldehydes is 2. The molecule has 0 spiro atoms. The highest BCUT2D eigenvalue weighted by atomic mass is 32.1. The van der Waals surface area contributed by atoms with Crippen molar-refractivity contribution in [2.24, 2.45) is 0 Å². The van der Waals surface area contributed by atoms with E-state index in [0.29, 0.717) is 138 Å². The molecule has 0 radical (unpaired) electrons. The highest BCUT2D eigenvalue weighted by molar-refractivity contribution is 7.81. The Bertz CT molecular complexity index is 7370. The Morgan fingerprint density at radius 1 is 0.378 bits per heavy atom. The van der Waals surface area contributed by atoms with E-state index in [4.69, 9.17) is 0 Å². The van der Waals surface area contributed by atoms with Crippen LogP contribution in [0.1, 0.15) is 350 Å². The van der Waals surface area contributed by atoms with Crippen molar-refractivity contribution in [1.82, 2.24) is 0 Å². The van der Waals surface area contributed by atoms with Crippen molar-refractivity contribution in [2.45, 2.75) is 181 Å². The number of fused-ring (bicyclic) bond motifs is 8. The summed E-state index contributed by atoms with van der Waals surface area (Å²) in [5.74, 6) is -0.889. The van der Waals surface area contributed by atoms with Crippen molar-refractivity contribution in [1.29, 1.82) is 0 Å². The van der Waals surface area contributed by atoms with Crippen molar-refractivity contribution >= 4 is 254 Å². The summed E-state index contributed by atoms with van der Waals surface area (Å²) in [6.07, 6.45) is 48.6. The Balaban J connectivity index is 0.000000183. The molecule has 8 aromatic carbocycles. The van der Waals surface area contributed by atoms with Crippen LogP contribution in [-0.2, 0) is 0 Å². The first-order chi connectivity index (χ1) is 67.9. The van der Waals surface area contributed by atoms with Crippen molar-refractivity contribution in [3.63, 3.8) is 0 Å². The molecule has 14 nitrogen and oxygen atoms in total. The lowest BCUT2D eigenvalue weighted by atomic mass is 9.91. The molecule has 0 N–H and O–H groups in total. The lowest BCUT2D eigenvalue weighted by Gasteiger charge is -2.15. The monoisotopic (exact) mass is 2040 g/mol. The lowest BCUT2D eigenvalue weighted by Crippen LogP contribution is -2.10. The third kappa shape index (κ3) is 25.1. The summed E-state index contributed by atoms with van der Waals surface area (Å²) in [4.78, 5) is 172. The number of aryl methyl sites for hydroxylation is 1. The first kappa shape index (κ1) is 114. The number of benzene rings is 8. The minimum absolute atomic E-state index is 0.0189. The molecule has 22 heteroatoms. The summed E-state index contributed by atoms with van der Waals surface area (Å²) in [5, 5.41) is 0. The van der Waals surface area contributed by atoms with Crippen LogP contribution in [0.2, 0.25) is 0 Å². The predicted octanol–water partition coefficient (Wildman–Crippen LogP) is 30.8. The van der Waals surface area contributed by atoms with E-state index in [9.17, 15) is 67.1 Å². The second-order valence-corrected chi connectivity index (χ2v) is 37.9. The Kier molecular flexibility index (Phi) is 40.3. The highest BCUT2D eigenvalue weighted by Gasteiger charge is 2.34. The number of hydrogen-bond acceptors (Lipinski definition) is 22. The van der Waals surface area contributed by atoms with Crippen molar-refractivity contribution in [3.8, 4) is 0 Å². The number of thiol groups is 8. The topological polar surface area (TPSA) is 239 Å². The molecule has 8 aliphatic carbocycles. The molecule has 0 amide bonds. The standard InChI is InChI=1S/C20H18O3S.C18H20O3S.C15H12OS.C15H16OS.2C14H12O2S.C13H12OS.C12H10OS/c1-4-5-6-7-8-9-14-10-16-17(19(14)23)11-15(12(2)21)20(24)18(16)13(3)22;1-4-5-6-7-15(20)14-9-13-12(8-10(2)17(13)21)16(11(3)19)18(14)22;1-4-10-13(8-16)15(17)11(5-2)12-7-6-9(3)14(10)12;1-3-4-5-14(16)13-9-12-10(2)6-7-11(12)8-15(13)17;1-4-12(15)11-6-10-9(8(3)14(11)17)5-7(2)13(10)16;1-3-4-9-5-11-8(2)14(17)10(7-15)6-12(11)13(9)16;1-3-4-10-8(2)12-7-9(15)5-6-11(12)13(10)14;1-3-8-5-9-6-11(14)7(2)4-10(9)12(8)13/h4-11,24H,1-3H3;8-9,22H,4-7H2,1-3H3;4-8,17H,1-3H2;6-9,17H,2-5H2,1H3;4-6,17H,1H2,2-3H3;3-7,17H,1-2H3;3-7,15H,1-2H3;3-6,14H,1H2,2H3/b5-4+,7-6+,9-8+;;;;;2*4-3+;. The quantitative estimate of drug-likeness (QED) is 0.00701. The van der Waals surface area contributed by atoms with Crippen LogP contribution in [0.5, 0.6) is 0 Å². The Morgan fingerprint density at radius 3 is 1.48 bits per heavy atom. The third-order valence-corrected chi connectivity index (χ3v) is 28.3. The minimum atomic E-state index is -0.226. The molecule has 8 aromatic rings. The summed E-state index contributed by atoms with van der Waals surface area (Å²) < 4.78 is 0. The van der Waals surface area contributed by atoms with Crippen LogP contribution in [-0.4, -0.2) is 82.0 Å². The number of unbranched alkanes of at least 4 members (excludes halogenated alkanes) is 3. The third-order valence-electron chi connectivity index (χ3n) is 24.6. The molecule has 0 heterocycles. The van der Waals surface area contributed by atoms with Crippen LogP contribution in [0.25, 0.3) is 71.4 Å². The van der Waals surface area contributed by atoms with E-state index >= 15 is 0 Å². The Hall–Kier alpha value is -13.0. The maximum absolute atomic E-state index is 12.6. The fourth-order valence-corrected chi connectivity index (χ4v) is 19.5. The van der Waals surface area contributed by atoms with E-state index in [0.717, 1.165) is 171 Å². The number of hydrogen-bond donors (Lipinski definition) is 8. The van der Waals surface area contributed by atoms with Gasteiger partial charge in [0.15, 0.2) is 82.0 Å². The molecule has 0 atom stereocenters. The van der Waals surface area contributed by atoms with Crippen LogP contribution in [0, 0.1) is 20.8 Å². The fraction of sp³-hybridized carbons (Fsp3) is 0.174. The molecular weight excluding hydrogens is 1930 g/mol. The van der Waals surface area contributed by atoms with E-state index in [1.807, 2.05) is 176 Å². The van der Waals surface area contributed by atoms with Gasteiger partial charge in [0.1, 0.15) is 0 Å². The van der Waals surface area contributed by atoms with Gasteiger partial charge in [0.05, 0.1) is 0 Å². The number of carbonyl (C=O) groups is 14. The number of Topliss-reactive ketones (excluding diaryl/α,β-unsaturated/α-hetero) is 11. The Morgan fingerprint density at radius 2 is 0.895 bits per heavy atom. The maximum atomic E-state index is 12.6. The average Bonchev–Trinajstić information content (AvgIpc) is 1.58. The number of carbonyl (C=O) groups excluding carboxylic acids is 14. The summed E-state index contributed by atoms with van der Waals surface area (Å²) in [6.45, 7) is 47.8. The van der Waals surface area contributed by atoms with Gasteiger partial charge in [-0.05, 0) is 310 Å². The molecule has 0 bridgehead atoms. The van der Waals surface area contributed by atoms with Gasteiger partial charge in [0.25, 0.3) is 0 Å². The smallest absolute Gasteiger partial charge is 0.193 e. The second-order valence-electron chi connectivity index (χ2n) is 34.2. The van der Waals surface area contributed by atoms with Gasteiger partial charge < -0.3 is 0 Å². The molecule has 0 fully saturated rings. The summed E-state index contributed by atoms with van der Waals surface area (Å²) in [6, 6.07) is 19.7. The van der Waals surface area contributed by atoms with Crippen molar-refractivity contribution in [3.05, 3.63) is 386 Å². The zero-order valence-corrected chi connectivity index (χ0v) is 89.4. The fourth-order valence-electron chi connectivity index (χ4n) is 16.9. The van der Waals surface area contributed by atoms with Gasteiger partial charge in [-0.15, -0.1) is 101 Å². The van der Waals surface area contributed by atoms with E-state index in [1.165, 1.54) is 32.9 Å². The van der Waals surface area contributed by atoms with Crippen LogP contribution in [0.4, 0.5) is 0 Å². The first-order valence-corrected chi connectivity index (χ1v) is 49.5. The molecule has 0 saturated heterocycles. The molecule has 0 aliphatic heterocycles. The average molecular weight is 2050 g/mol. The molecular formula is C121H112O14S8. The molecule has 143 heavy (non-hydrogen) atoms. The van der Waals surface area contributed by atoms with Gasteiger partial charge in [0, 0.05) is 152 Å². The highest BCUT2D eigenvalue weighted by Crippen LogP contribution is 2.44. The summed E-state index contributed by atoms with van der Waals surface area (Å²) >= 11 is 34.8. The minimum Gasteiger partial charge on any atom is -0.298 e. The van der Waals surface area contributed by atoms with E-state index in [2.05, 4.69) is 154 Å². The van der Waals surface area contributed by atoms with Crippen LogP contribution in [0.3, 0.4) is 0 Å². The lowest BCUT2D eigenvalue weighted by molar-refractivity contribution is 0.0967. The molecule has 8 aliphatic rings. The number of ketones is 12. The largest absolute Gasteiger partial charge is 0.298 e. The normalized spacial score (nSPS) is 13.6. The number of allylic oxidation sites excluding steroid dienone is 23. The second kappa shape index (κ2) is 50.8. The summed E-state index contributed by atoms with van der Waals surface area (Å²) in [7, 11) is 0. The molecule has 728 valence electrons. The first-order valence-electron chi connectivity index (χ1n) is 45.9. The molecule has 0 unspecified atom stereocenters. The van der Waals surface area contributed by atoms with Crippen molar-refractivity contribution < 1.29 is 67.1 Å². The Labute approximate surface area is 881 Å². The zero-order chi connectivity index (χ0) is 106. The van der Waals surface area contributed by atoms with Gasteiger partial charge in [-0.25, -0.2) is 0 Å². The van der Waals surface area contributed by atoms with Gasteiger partial charge in [0.2, 0.25) is 0 Å². The predicted molar refractivity (Wildman–Crippen MR) is 610 cm³/mol. The van der Waals surface area contributed by atoms with Gasteiger partial charge >= 0.3 is 0 Å². The zero-order valence-electron chi connectivity index (χ0n) is 82.3. The SMILES string of the molecule is C/C=C/C1=C(C)c2cc(S)ccc2C1=O.C/C=C/C1=Cc2c(cc(C=O)c(S)c2C)C1=O.C/C=C/C=C/C=C/C1=Cc2c(cc(C(C)=O)c(S)c2C(C)=O)C1=O.C=C1C=Cc2cc(S)c(C(=O)CCCC)cc21.C=CC(=O)c1cc2c(c(C)c1S)C=C(C)C2=O.C=CC1=Cc2cc(S)c(C)cc2C1=O.C=Cc1c(S)c(C=O)c(C=C)c2c1C=CC2=C.CCCCCC(=O)c1cc2c(c(C(C)=O)c1S)C=C(C)C2=O. The van der Waals surface area contributed by atoms with Crippen LogP contribution >= 0.6 is 101 Å². The van der Waals surface area contributed by atoms with E-state index in [-0.39, 0.29) is 69.4 Å². The molecule has 0 saturated carbocycles. The van der Waals surface area contributed by atoms with Gasteiger partial charge in [-0.3, -0.25) is 67.1 Å². The molecule has 16 rings (SSSR count). The summed E-state index contributed by atoms with van der Waals surface area (Å²) in [5.41, 5.74) is 27.3. The van der Waals surface area contributed by atoms with Gasteiger partial charge in [-0.1, -0.05) is 176 Å². The van der Waals surface area contributed by atoms with Crippen molar-refractivity contribution in [2.75, 3.05) is 0 Å². The van der Waals surface area contributed by atoms with Crippen LogP contribution < -0.4 is 0 Å². The molecule has 0 aromatic heterocycles. The van der Waals surface area contributed by atoms with E-state index < -0.39 is 0 Å². The number of rotatable bonds is 24.